The third kappa shape index (κ3) is 3.10. The van der Waals surface area contributed by atoms with E-state index in [0.29, 0.717) is 17.2 Å². The number of rotatable bonds is 4. The number of amides is 1. The fourth-order valence-electron chi connectivity index (χ4n) is 7.18. The lowest BCUT2D eigenvalue weighted by molar-refractivity contribution is -0.0629. The Hall–Kier alpha value is -1.43. The Morgan fingerprint density at radius 1 is 1.15 bits per heavy atom. The summed E-state index contributed by atoms with van der Waals surface area (Å²) in [7, 11) is 1.98. The van der Waals surface area contributed by atoms with Crippen LogP contribution in [0.15, 0.2) is 0 Å². The molecule has 0 unspecified atom stereocenters. The molecule has 6 heteroatoms. The highest BCUT2D eigenvalue weighted by Gasteiger charge is 2.51. The third-order valence-corrected chi connectivity index (χ3v) is 7.87. The van der Waals surface area contributed by atoms with Crippen molar-refractivity contribution < 1.29 is 4.79 Å². The van der Waals surface area contributed by atoms with Crippen molar-refractivity contribution in [3.05, 3.63) is 11.4 Å². The van der Waals surface area contributed by atoms with Crippen molar-refractivity contribution in [2.24, 2.45) is 23.2 Å². The van der Waals surface area contributed by atoms with Crippen molar-refractivity contribution in [3.63, 3.8) is 0 Å². The van der Waals surface area contributed by atoms with Crippen LogP contribution in [0.3, 0.4) is 0 Å². The number of nitrogens with zero attached hydrogens (tertiary/aromatic N) is 4. The van der Waals surface area contributed by atoms with Gasteiger partial charge in [-0.25, -0.2) is 4.68 Å². The standard InChI is InChI=1S/C21H33N5O/c1-14-19(23-24-26(14)18-3-5-22-6-4-18)20(27)25(2)13-21-10-15-7-16(11-21)9-17(8-15)12-21/h15-18,22H,3-13H2,1-2H3. The molecule has 0 atom stereocenters. The second-order valence-electron chi connectivity index (χ2n) is 10.0. The molecular formula is C21H33N5O. The fourth-order valence-corrected chi connectivity index (χ4v) is 7.18. The maximum atomic E-state index is 13.2. The van der Waals surface area contributed by atoms with Crippen molar-refractivity contribution in [1.82, 2.24) is 25.2 Å². The summed E-state index contributed by atoms with van der Waals surface area (Å²) in [4.78, 5) is 15.1. The molecule has 5 aliphatic rings. The molecule has 6 rings (SSSR count). The molecule has 1 aromatic rings. The van der Waals surface area contributed by atoms with Gasteiger partial charge in [0.25, 0.3) is 5.91 Å². The molecule has 27 heavy (non-hydrogen) atoms. The van der Waals surface area contributed by atoms with E-state index in [1.165, 1.54) is 38.5 Å². The van der Waals surface area contributed by atoms with E-state index in [-0.39, 0.29) is 5.91 Å². The average Bonchev–Trinajstić information content (AvgIpc) is 3.01. The van der Waals surface area contributed by atoms with Crippen molar-refractivity contribution in [2.75, 3.05) is 26.7 Å². The van der Waals surface area contributed by atoms with Gasteiger partial charge in [-0.15, -0.1) is 5.10 Å². The fraction of sp³-hybridized carbons (Fsp3) is 0.857. The molecule has 1 N–H and O–H groups in total. The van der Waals surface area contributed by atoms with Crippen LogP contribution in [0.1, 0.15) is 73.6 Å². The Morgan fingerprint density at radius 3 is 2.33 bits per heavy atom. The molecule has 1 amide bonds. The monoisotopic (exact) mass is 371 g/mol. The number of hydrogen-bond donors (Lipinski definition) is 1. The molecule has 0 radical (unpaired) electrons. The van der Waals surface area contributed by atoms with E-state index in [2.05, 4.69) is 15.6 Å². The van der Waals surface area contributed by atoms with E-state index < -0.39 is 0 Å². The van der Waals surface area contributed by atoms with Gasteiger partial charge in [0, 0.05) is 13.6 Å². The summed E-state index contributed by atoms with van der Waals surface area (Å²) in [6.07, 6.45) is 10.4. The SMILES string of the molecule is Cc1c(C(=O)N(C)CC23CC4CC(CC(C4)C2)C3)nnn1C1CCNCC1. The van der Waals surface area contributed by atoms with Gasteiger partial charge in [-0.2, -0.15) is 0 Å². The van der Waals surface area contributed by atoms with Gasteiger partial charge in [-0.3, -0.25) is 4.79 Å². The van der Waals surface area contributed by atoms with Gasteiger partial charge in [0.2, 0.25) is 0 Å². The largest absolute Gasteiger partial charge is 0.340 e. The Kier molecular flexibility index (Phi) is 4.30. The van der Waals surface area contributed by atoms with Crippen molar-refractivity contribution >= 4 is 5.91 Å². The summed E-state index contributed by atoms with van der Waals surface area (Å²) < 4.78 is 1.99. The number of aromatic nitrogens is 3. The molecule has 148 valence electrons. The molecule has 6 nitrogen and oxygen atoms in total. The molecule has 1 aliphatic heterocycles. The predicted octanol–water partition coefficient (Wildman–Crippen LogP) is 2.80. The second kappa shape index (κ2) is 6.57. The average molecular weight is 372 g/mol. The minimum absolute atomic E-state index is 0.0587. The summed E-state index contributed by atoms with van der Waals surface area (Å²) in [6, 6.07) is 0.369. The maximum absolute atomic E-state index is 13.2. The summed E-state index contributed by atoms with van der Waals surface area (Å²) in [5, 5.41) is 12.1. The van der Waals surface area contributed by atoms with Crippen LogP contribution in [-0.4, -0.2) is 52.5 Å². The summed E-state index contributed by atoms with van der Waals surface area (Å²) >= 11 is 0. The number of carbonyl (C=O) groups is 1. The quantitative estimate of drug-likeness (QED) is 0.884. The summed E-state index contributed by atoms with van der Waals surface area (Å²) in [5.41, 5.74) is 1.86. The Morgan fingerprint density at radius 2 is 1.74 bits per heavy atom. The molecule has 2 heterocycles. The van der Waals surface area contributed by atoms with Crippen LogP contribution in [0, 0.1) is 30.1 Å². The van der Waals surface area contributed by atoms with Crippen molar-refractivity contribution in [3.8, 4) is 0 Å². The lowest BCUT2D eigenvalue weighted by Gasteiger charge is -2.57. The number of hydrogen-bond acceptors (Lipinski definition) is 4. The van der Waals surface area contributed by atoms with Gasteiger partial charge in [0.1, 0.15) is 0 Å². The molecule has 4 saturated carbocycles. The highest BCUT2D eigenvalue weighted by molar-refractivity contribution is 5.93. The third-order valence-electron chi connectivity index (χ3n) is 7.87. The van der Waals surface area contributed by atoms with E-state index >= 15 is 0 Å². The first-order chi connectivity index (χ1) is 13.0. The minimum Gasteiger partial charge on any atom is -0.340 e. The van der Waals surface area contributed by atoms with Crippen molar-refractivity contribution in [2.45, 2.75) is 64.3 Å². The smallest absolute Gasteiger partial charge is 0.276 e. The first-order valence-corrected chi connectivity index (χ1v) is 10.9. The Labute approximate surface area is 162 Å². The van der Waals surface area contributed by atoms with Gasteiger partial charge in [-0.05, 0) is 94.5 Å². The highest BCUT2D eigenvalue weighted by Crippen LogP contribution is 2.60. The highest BCUT2D eigenvalue weighted by atomic mass is 16.2. The minimum atomic E-state index is 0.0587. The Balaban J connectivity index is 1.30. The number of carbonyl (C=O) groups excluding carboxylic acids is 1. The predicted molar refractivity (Wildman–Crippen MR) is 103 cm³/mol. The number of nitrogens with one attached hydrogen (secondary N) is 1. The molecular weight excluding hydrogens is 338 g/mol. The van der Waals surface area contributed by atoms with Crippen LogP contribution in [-0.2, 0) is 0 Å². The lowest BCUT2D eigenvalue weighted by Crippen LogP contribution is -2.51. The van der Waals surface area contributed by atoms with Crippen LogP contribution in [0.2, 0.25) is 0 Å². The molecule has 0 spiro atoms. The molecule has 0 aromatic carbocycles. The van der Waals surface area contributed by atoms with E-state index in [1.54, 1.807) is 0 Å². The van der Waals surface area contributed by atoms with Crippen LogP contribution in [0.4, 0.5) is 0 Å². The zero-order valence-corrected chi connectivity index (χ0v) is 16.8. The van der Waals surface area contributed by atoms with Crippen LogP contribution in [0.5, 0.6) is 0 Å². The summed E-state index contributed by atoms with van der Waals surface area (Å²) in [5.74, 6) is 2.82. The van der Waals surface area contributed by atoms with Gasteiger partial charge >= 0.3 is 0 Å². The molecule has 5 fully saturated rings. The molecule has 4 aliphatic carbocycles. The first-order valence-electron chi connectivity index (χ1n) is 10.9. The summed E-state index contributed by atoms with van der Waals surface area (Å²) in [6.45, 7) is 4.93. The zero-order chi connectivity index (χ0) is 18.6. The van der Waals surface area contributed by atoms with E-state index in [4.69, 9.17) is 0 Å². The van der Waals surface area contributed by atoms with E-state index in [0.717, 1.165) is 55.9 Å². The molecule has 1 aromatic heterocycles. The van der Waals surface area contributed by atoms with E-state index in [1.807, 2.05) is 23.6 Å². The first kappa shape index (κ1) is 17.7. The van der Waals surface area contributed by atoms with Gasteiger partial charge < -0.3 is 10.2 Å². The van der Waals surface area contributed by atoms with Gasteiger partial charge in [-0.1, -0.05) is 5.21 Å². The van der Waals surface area contributed by atoms with Crippen molar-refractivity contribution in [1.29, 1.82) is 0 Å². The Bertz CT molecular complexity index is 685. The van der Waals surface area contributed by atoms with Gasteiger partial charge in [0.15, 0.2) is 5.69 Å². The maximum Gasteiger partial charge on any atom is 0.276 e. The molecule has 4 bridgehead atoms. The lowest BCUT2D eigenvalue weighted by atomic mass is 9.49. The second-order valence-corrected chi connectivity index (χ2v) is 10.0. The topological polar surface area (TPSA) is 63.1 Å². The number of piperidine rings is 1. The molecule has 1 saturated heterocycles. The van der Waals surface area contributed by atoms with Crippen LogP contribution < -0.4 is 5.32 Å². The van der Waals surface area contributed by atoms with Crippen LogP contribution >= 0.6 is 0 Å². The van der Waals surface area contributed by atoms with E-state index in [9.17, 15) is 4.79 Å². The van der Waals surface area contributed by atoms with Crippen LogP contribution in [0.25, 0.3) is 0 Å². The normalized spacial score (nSPS) is 35.6. The zero-order valence-electron chi connectivity index (χ0n) is 16.8. The van der Waals surface area contributed by atoms with Gasteiger partial charge in [0.05, 0.1) is 11.7 Å².